The Morgan fingerprint density at radius 2 is 1.63 bits per heavy atom. The molecule has 0 aliphatic carbocycles. The van der Waals surface area contributed by atoms with Gasteiger partial charge in [-0.2, -0.15) is 0 Å². The molecule has 3 aromatic carbocycles. The molecule has 0 spiro atoms. The van der Waals surface area contributed by atoms with Crippen molar-refractivity contribution in [1.29, 1.82) is 0 Å². The first kappa shape index (κ1) is 26.5. The average Bonchev–Trinajstić information content (AvgIpc) is 3.30. The van der Waals surface area contributed by atoms with E-state index in [2.05, 4.69) is 18.7 Å². The van der Waals surface area contributed by atoms with Crippen molar-refractivity contribution in [3.63, 3.8) is 0 Å². The molecule has 0 aliphatic rings. The minimum atomic E-state index is -0.135. The van der Waals surface area contributed by atoms with Gasteiger partial charge in [-0.05, 0) is 49.5 Å². The van der Waals surface area contributed by atoms with Gasteiger partial charge in [0, 0.05) is 19.2 Å². The first-order chi connectivity index (χ1) is 16.6. The minimum absolute atomic E-state index is 0. The fraction of sp³-hybridized carbons (Fsp3) is 0.259. The summed E-state index contributed by atoms with van der Waals surface area (Å²) in [5.41, 5.74) is 1.32. The number of hydrogen-bond acceptors (Lipinski definition) is 6. The number of carbonyl (C=O) groups is 1. The van der Waals surface area contributed by atoms with E-state index in [0.717, 1.165) is 35.6 Å². The van der Waals surface area contributed by atoms with Crippen LogP contribution in [0.5, 0.6) is 17.2 Å². The van der Waals surface area contributed by atoms with Crippen molar-refractivity contribution in [3.8, 4) is 17.2 Å². The molecule has 1 aromatic heterocycles. The third kappa shape index (κ3) is 6.31. The molecule has 1 amide bonds. The van der Waals surface area contributed by atoms with Gasteiger partial charge in [-0.15, -0.1) is 12.4 Å². The molecule has 0 aliphatic heterocycles. The third-order valence-corrected chi connectivity index (χ3v) is 6.74. The Kier molecular flexibility index (Phi) is 9.48. The summed E-state index contributed by atoms with van der Waals surface area (Å²) >= 11 is 1.50. The highest BCUT2D eigenvalue weighted by molar-refractivity contribution is 7.22. The van der Waals surface area contributed by atoms with Crippen LogP contribution in [0.4, 0.5) is 5.13 Å². The standard InChI is InChI=1S/C27H29N3O3S.ClH/c1-4-29(5-2)17-18-30(27-28-23-19-21(32-3)15-16-25(23)34-27)26(31)22-13-9-10-14-24(22)33-20-11-7-6-8-12-20;/h6-16,19H,4-5,17-18H2,1-3H3;1H. The highest BCUT2D eigenvalue weighted by Crippen LogP contribution is 2.33. The van der Waals surface area contributed by atoms with Gasteiger partial charge in [0.15, 0.2) is 5.13 Å². The van der Waals surface area contributed by atoms with Gasteiger partial charge < -0.3 is 14.4 Å². The highest BCUT2D eigenvalue weighted by Gasteiger charge is 2.25. The maximum Gasteiger partial charge on any atom is 0.263 e. The molecule has 4 aromatic rings. The van der Waals surface area contributed by atoms with Gasteiger partial charge in [0.05, 0.1) is 22.9 Å². The van der Waals surface area contributed by atoms with E-state index in [9.17, 15) is 4.79 Å². The van der Waals surface area contributed by atoms with Gasteiger partial charge in [0.2, 0.25) is 0 Å². The van der Waals surface area contributed by atoms with Crippen LogP contribution >= 0.6 is 23.7 Å². The van der Waals surface area contributed by atoms with Crippen LogP contribution in [0.15, 0.2) is 72.8 Å². The SMILES string of the molecule is CCN(CC)CCN(C(=O)c1ccccc1Oc1ccccc1)c1nc2cc(OC)ccc2s1.Cl. The van der Waals surface area contributed by atoms with Crippen LogP contribution < -0.4 is 14.4 Å². The number of methoxy groups -OCH3 is 1. The molecule has 4 rings (SSSR count). The lowest BCUT2D eigenvalue weighted by Gasteiger charge is -2.25. The molecule has 184 valence electrons. The molecule has 35 heavy (non-hydrogen) atoms. The summed E-state index contributed by atoms with van der Waals surface area (Å²) in [6.07, 6.45) is 0. The minimum Gasteiger partial charge on any atom is -0.497 e. The Morgan fingerprint density at radius 1 is 0.914 bits per heavy atom. The van der Waals surface area contributed by atoms with E-state index in [0.29, 0.717) is 28.7 Å². The summed E-state index contributed by atoms with van der Waals surface area (Å²) in [4.78, 5) is 22.8. The van der Waals surface area contributed by atoms with E-state index in [1.165, 1.54) is 11.3 Å². The molecule has 0 radical (unpaired) electrons. The number of amides is 1. The molecule has 0 bridgehead atoms. The number of aromatic nitrogens is 1. The number of para-hydroxylation sites is 2. The van der Waals surface area contributed by atoms with Gasteiger partial charge in [0.1, 0.15) is 17.2 Å². The number of fused-ring (bicyclic) bond motifs is 1. The van der Waals surface area contributed by atoms with Gasteiger partial charge >= 0.3 is 0 Å². The van der Waals surface area contributed by atoms with Crippen LogP contribution in [0, 0.1) is 0 Å². The monoisotopic (exact) mass is 511 g/mol. The molecule has 0 saturated carbocycles. The maximum absolute atomic E-state index is 13.9. The van der Waals surface area contributed by atoms with Gasteiger partial charge in [-0.25, -0.2) is 4.98 Å². The number of benzene rings is 3. The van der Waals surface area contributed by atoms with E-state index >= 15 is 0 Å². The summed E-state index contributed by atoms with van der Waals surface area (Å²) in [6.45, 7) is 7.37. The first-order valence-electron chi connectivity index (χ1n) is 11.4. The number of rotatable bonds is 10. The number of carbonyl (C=O) groups excluding carboxylic acids is 1. The molecular weight excluding hydrogens is 482 g/mol. The Hall–Kier alpha value is -3.13. The first-order valence-corrected chi connectivity index (χ1v) is 12.2. The molecule has 0 unspecified atom stereocenters. The van der Waals surface area contributed by atoms with Gasteiger partial charge in [0.25, 0.3) is 5.91 Å². The number of anilines is 1. The van der Waals surface area contributed by atoms with Gasteiger partial charge in [-0.3, -0.25) is 9.69 Å². The van der Waals surface area contributed by atoms with Crippen LogP contribution in [0.25, 0.3) is 10.2 Å². The molecule has 0 N–H and O–H groups in total. The van der Waals surface area contributed by atoms with Crippen molar-refractivity contribution in [2.75, 3.05) is 38.2 Å². The second-order valence-electron chi connectivity index (χ2n) is 7.73. The largest absolute Gasteiger partial charge is 0.497 e. The molecule has 0 fully saturated rings. The second kappa shape index (κ2) is 12.5. The quantitative estimate of drug-likeness (QED) is 0.243. The number of halogens is 1. The normalized spacial score (nSPS) is 10.7. The van der Waals surface area contributed by atoms with Gasteiger partial charge in [-0.1, -0.05) is 55.5 Å². The van der Waals surface area contributed by atoms with Crippen molar-refractivity contribution in [3.05, 3.63) is 78.4 Å². The summed E-state index contributed by atoms with van der Waals surface area (Å²) < 4.78 is 12.4. The Labute approximate surface area is 216 Å². The number of nitrogens with zero attached hydrogens (tertiary/aromatic N) is 3. The lowest BCUT2D eigenvalue weighted by Crippen LogP contribution is -2.39. The maximum atomic E-state index is 13.9. The van der Waals surface area contributed by atoms with Crippen LogP contribution in [0.2, 0.25) is 0 Å². The topological polar surface area (TPSA) is 54.9 Å². The van der Waals surface area contributed by atoms with Crippen LogP contribution in [-0.4, -0.2) is 49.1 Å². The van der Waals surface area contributed by atoms with E-state index in [-0.39, 0.29) is 18.3 Å². The van der Waals surface area contributed by atoms with Crippen LogP contribution in [0.1, 0.15) is 24.2 Å². The molecule has 8 heteroatoms. The predicted molar refractivity (Wildman–Crippen MR) is 146 cm³/mol. The molecule has 0 atom stereocenters. The fourth-order valence-electron chi connectivity index (χ4n) is 3.70. The molecule has 6 nitrogen and oxygen atoms in total. The highest BCUT2D eigenvalue weighted by atomic mass is 35.5. The van der Waals surface area contributed by atoms with Crippen molar-refractivity contribution >= 4 is 45.0 Å². The zero-order chi connectivity index (χ0) is 23.9. The lowest BCUT2D eigenvalue weighted by atomic mass is 10.1. The second-order valence-corrected chi connectivity index (χ2v) is 8.73. The summed E-state index contributed by atoms with van der Waals surface area (Å²) in [5.74, 6) is 1.82. The zero-order valence-electron chi connectivity index (χ0n) is 20.1. The Bertz CT molecular complexity index is 1240. The summed E-state index contributed by atoms with van der Waals surface area (Å²) in [6, 6.07) is 22.7. The van der Waals surface area contributed by atoms with Crippen molar-refractivity contribution in [2.45, 2.75) is 13.8 Å². The van der Waals surface area contributed by atoms with Crippen molar-refractivity contribution in [1.82, 2.24) is 9.88 Å². The van der Waals surface area contributed by atoms with Crippen LogP contribution in [0.3, 0.4) is 0 Å². The number of ether oxygens (including phenoxy) is 2. The third-order valence-electron chi connectivity index (χ3n) is 5.68. The van der Waals surface area contributed by atoms with E-state index in [1.807, 2.05) is 66.7 Å². The average molecular weight is 512 g/mol. The van der Waals surface area contributed by atoms with E-state index < -0.39 is 0 Å². The van der Waals surface area contributed by atoms with E-state index in [1.54, 1.807) is 18.1 Å². The summed E-state index contributed by atoms with van der Waals surface area (Å²) in [5, 5.41) is 0.662. The fourth-order valence-corrected chi connectivity index (χ4v) is 4.67. The predicted octanol–water partition coefficient (Wildman–Crippen LogP) is 6.51. The summed E-state index contributed by atoms with van der Waals surface area (Å²) in [7, 11) is 1.64. The lowest BCUT2D eigenvalue weighted by molar-refractivity contribution is 0.0981. The number of likely N-dealkylation sites (N-methyl/N-ethyl adjacent to an activating group) is 1. The van der Waals surface area contributed by atoms with Crippen molar-refractivity contribution in [2.24, 2.45) is 0 Å². The Morgan fingerprint density at radius 3 is 2.34 bits per heavy atom. The number of thiazole rings is 1. The molecular formula is C27H30ClN3O3S. The smallest absolute Gasteiger partial charge is 0.263 e. The van der Waals surface area contributed by atoms with Crippen LogP contribution in [-0.2, 0) is 0 Å². The zero-order valence-corrected chi connectivity index (χ0v) is 21.8. The number of hydrogen-bond donors (Lipinski definition) is 0. The Balaban J connectivity index is 0.00000342. The molecule has 0 saturated heterocycles. The van der Waals surface area contributed by atoms with Crippen molar-refractivity contribution < 1.29 is 14.3 Å². The molecule has 1 heterocycles. The van der Waals surface area contributed by atoms with E-state index in [4.69, 9.17) is 14.5 Å².